The molecule has 0 saturated heterocycles. The van der Waals surface area contributed by atoms with E-state index in [-0.39, 0.29) is 5.91 Å². The third-order valence-corrected chi connectivity index (χ3v) is 4.55. The molecule has 0 unspecified atom stereocenters. The average molecular weight is 351 g/mol. The van der Waals surface area contributed by atoms with E-state index in [4.69, 9.17) is 21.7 Å². The number of carbonyl (C=O) groups excluding carboxylic acids is 1. The third-order valence-electron chi connectivity index (χ3n) is 4.33. The lowest BCUT2D eigenvalue weighted by Crippen LogP contribution is -2.51. The molecule has 1 aliphatic rings. The Kier molecular flexibility index (Phi) is 6.66. The summed E-state index contributed by atoms with van der Waals surface area (Å²) in [5, 5.41) is 3.70. The number of thiocarbonyl (C=S) groups is 1. The summed E-state index contributed by atoms with van der Waals surface area (Å²) in [5.74, 6) is 1.37. The van der Waals surface area contributed by atoms with Gasteiger partial charge < -0.3 is 14.8 Å². The molecule has 1 amide bonds. The molecule has 0 spiro atoms. The SMILES string of the molecule is COc1cc(OC)cc(C(=O)NNC(=S)N[C@H]2CCCC[C@@H]2C)c1. The standard InChI is InChI=1S/C17H25N3O3S/c1-11-6-4-5-7-15(11)18-17(24)20-19-16(21)12-8-13(22-2)10-14(9-12)23-3/h8-11,15H,4-7H2,1-3H3,(H,19,21)(H2,18,20,24)/t11-,15-/m0/s1. The van der Waals surface area contributed by atoms with Gasteiger partial charge in [0.2, 0.25) is 0 Å². The summed E-state index contributed by atoms with van der Waals surface area (Å²) in [5.41, 5.74) is 5.79. The van der Waals surface area contributed by atoms with Crippen LogP contribution in [-0.4, -0.2) is 31.3 Å². The van der Waals surface area contributed by atoms with Gasteiger partial charge >= 0.3 is 0 Å². The van der Waals surface area contributed by atoms with Gasteiger partial charge in [0.05, 0.1) is 14.2 Å². The third kappa shape index (κ3) is 4.99. The summed E-state index contributed by atoms with van der Waals surface area (Å²) < 4.78 is 10.3. The minimum Gasteiger partial charge on any atom is -0.497 e. The Morgan fingerprint density at radius 3 is 2.29 bits per heavy atom. The van der Waals surface area contributed by atoms with E-state index in [0.717, 1.165) is 6.42 Å². The predicted octanol–water partition coefficient (Wildman–Crippen LogP) is 2.39. The number of amides is 1. The van der Waals surface area contributed by atoms with Crippen molar-refractivity contribution in [1.82, 2.24) is 16.2 Å². The second-order valence-corrected chi connectivity index (χ2v) is 6.43. The molecule has 1 aliphatic carbocycles. The first-order chi connectivity index (χ1) is 11.5. The quantitative estimate of drug-likeness (QED) is 0.571. The van der Waals surface area contributed by atoms with Crippen LogP contribution in [0.2, 0.25) is 0 Å². The molecular formula is C17H25N3O3S. The molecule has 7 heteroatoms. The molecule has 0 radical (unpaired) electrons. The molecule has 1 fully saturated rings. The Hall–Kier alpha value is -2.02. The molecule has 0 bridgehead atoms. The maximum absolute atomic E-state index is 12.3. The number of methoxy groups -OCH3 is 2. The van der Waals surface area contributed by atoms with Gasteiger partial charge in [0.15, 0.2) is 5.11 Å². The zero-order chi connectivity index (χ0) is 17.5. The van der Waals surface area contributed by atoms with Crippen LogP contribution < -0.4 is 25.6 Å². The van der Waals surface area contributed by atoms with E-state index in [2.05, 4.69) is 23.1 Å². The zero-order valence-electron chi connectivity index (χ0n) is 14.3. The van der Waals surface area contributed by atoms with Crippen LogP contribution in [0, 0.1) is 5.92 Å². The molecule has 2 atom stereocenters. The summed E-state index contributed by atoms with van der Waals surface area (Å²) >= 11 is 5.27. The van der Waals surface area contributed by atoms with Crippen LogP contribution in [-0.2, 0) is 0 Å². The van der Waals surface area contributed by atoms with E-state index >= 15 is 0 Å². The van der Waals surface area contributed by atoms with Crippen molar-refractivity contribution in [2.45, 2.75) is 38.6 Å². The lowest BCUT2D eigenvalue weighted by Gasteiger charge is -2.30. The predicted molar refractivity (Wildman–Crippen MR) is 97.3 cm³/mol. The van der Waals surface area contributed by atoms with Crippen molar-refractivity contribution < 1.29 is 14.3 Å². The lowest BCUT2D eigenvalue weighted by atomic mass is 9.86. The Labute approximate surface area is 148 Å². The van der Waals surface area contributed by atoms with Crippen molar-refractivity contribution in [3.63, 3.8) is 0 Å². The van der Waals surface area contributed by atoms with Gasteiger partial charge in [-0.05, 0) is 43.1 Å². The van der Waals surface area contributed by atoms with E-state index in [1.165, 1.54) is 19.3 Å². The van der Waals surface area contributed by atoms with Gasteiger partial charge in [0.1, 0.15) is 11.5 Å². The number of hydrazine groups is 1. The fourth-order valence-electron chi connectivity index (χ4n) is 2.86. The maximum Gasteiger partial charge on any atom is 0.269 e. The van der Waals surface area contributed by atoms with E-state index < -0.39 is 0 Å². The van der Waals surface area contributed by atoms with Crippen LogP contribution in [0.15, 0.2) is 18.2 Å². The normalized spacial score (nSPS) is 20.0. The number of hydrogen-bond donors (Lipinski definition) is 3. The Balaban J connectivity index is 1.89. The second kappa shape index (κ2) is 8.73. The first kappa shape index (κ1) is 18.3. The summed E-state index contributed by atoms with van der Waals surface area (Å²) in [6.45, 7) is 2.22. The Morgan fingerprint density at radius 1 is 1.08 bits per heavy atom. The van der Waals surface area contributed by atoms with Crippen LogP contribution in [0.1, 0.15) is 43.0 Å². The van der Waals surface area contributed by atoms with E-state index in [1.54, 1.807) is 32.4 Å². The second-order valence-electron chi connectivity index (χ2n) is 6.02. The Bertz CT molecular complexity index is 572. The highest BCUT2D eigenvalue weighted by Gasteiger charge is 2.21. The summed E-state index contributed by atoms with van der Waals surface area (Å²) in [4.78, 5) is 12.3. The molecule has 2 rings (SSSR count). The molecular weight excluding hydrogens is 326 g/mol. The summed E-state index contributed by atoms with van der Waals surface area (Å²) in [7, 11) is 3.08. The molecule has 1 saturated carbocycles. The van der Waals surface area contributed by atoms with Gasteiger partial charge in [-0.1, -0.05) is 19.8 Å². The van der Waals surface area contributed by atoms with Crippen molar-refractivity contribution in [1.29, 1.82) is 0 Å². The maximum atomic E-state index is 12.3. The summed E-state index contributed by atoms with van der Waals surface area (Å²) in [6, 6.07) is 5.34. The number of carbonyl (C=O) groups is 1. The van der Waals surface area contributed by atoms with Gasteiger partial charge in [-0.25, -0.2) is 0 Å². The fraction of sp³-hybridized carbons (Fsp3) is 0.529. The van der Waals surface area contributed by atoms with Crippen LogP contribution in [0.4, 0.5) is 0 Å². The van der Waals surface area contributed by atoms with Gasteiger partial charge in [0.25, 0.3) is 5.91 Å². The molecule has 3 N–H and O–H groups in total. The molecule has 0 heterocycles. The molecule has 132 valence electrons. The van der Waals surface area contributed by atoms with Gasteiger partial charge in [-0.3, -0.25) is 15.6 Å². The molecule has 0 aliphatic heterocycles. The highest BCUT2D eigenvalue weighted by Crippen LogP contribution is 2.24. The smallest absolute Gasteiger partial charge is 0.269 e. The number of rotatable bonds is 4. The van der Waals surface area contributed by atoms with E-state index in [1.807, 2.05) is 0 Å². The van der Waals surface area contributed by atoms with Crippen molar-refractivity contribution in [2.75, 3.05) is 14.2 Å². The van der Waals surface area contributed by atoms with E-state index in [0.29, 0.717) is 34.1 Å². The molecule has 0 aromatic heterocycles. The summed E-state index contributed by atoms with van der Waals surface area (Å²) in [6.07, 6.45) is 4.79. The largest absolute Gasteiger partial charge is 0.497 e. The topological polar surface area (TPSA) is 71.6 Å². The highest BCUT2D eigenvalue weighted by atomic mass is 32.1. The first-order valence-electron chi connectivity index (χ1n) is 8.13. The Morgan fingerprint density at radius 2 is 1.71 bits per heavy atom. The molecule has 1 aromatic rings. The number of hydrogen-bond acceptors (Lipinski definition) is 4. The molecule has 24 heavy (non-hydrogen) atoms. The van der Waals surface area contributed by atoms with Crippen molar-refractivity contribution in [2.24, 2.45) is 5.92 Å². The molecule has 6 nitrogen and oxygen atoms in total. The minimum absolute atomic E-state index is 0.312. The monoisotopic (exact) mass is 351 g/mol. The van der Waals surface area contributed by atoms with Crippen LogP contribution in [0.25, 0.3) is 0 Å². The molecule has 1 aromatic carbocycles. The van der Waals surface area contributed by atoms with Crippen molar-refractivity contribution >= 4 is 23.2 Å². The zero-order valence-corrected chi connectivity index (χ0v) is 15.2. The highest BCUT2D eigenvalue weighted by molar-refractivity contribution is 7.80. The number of benzene rings is 1. The average Bonchev–Trinajstić information content (AvgIpc) is 2.61. The van der Waals surface area contributed by atoms with Crippen LogP contribution in [0.3, 0.4) is 0 Å². The lowest BCUT2D eigenvalue weighted by molar-refractivity contribution is 0.0942. The number of ether oxygens (including phenoxy) is 2. The van der Waals surface area contributed by atoms with Crippen LogP contribution in [0.5, 0.6) is 11.5 Å². The number of nitrogens with one attached hydrogen (secondary N) is 3. The van der Waals surface area contributed by atoms with Crippen LogP contribution >= 0.6 is 12.2 Å². The van der Waals surface area contributed by atoms with Crippen molar-refractivity contribution in [3.05, 3.63) is 23.8 Å². The minimum atomic E-state index is -0.312. The fourth-order valence-corrected chi connectivity index (χ4v) is 3.06. The van der Waals surface area contributed by atoms with Gasteiger partial charge in [-0.2, -0.15) is 0 Å². The first-order valence-corrected chi connectivity index (χ1v) is 8.54. The van der Waals surface area contributed by atoms with E-state index in [9.17, 15) is 4.79 Å². The van der Waals surface area contributed by atoms with Gasteiger partial charge in [0, 0.05) is 17.7 Å². The van der Waals surface area contributed by atoms with Crippen molar-refractivity contribution in [3.8, 4) is 11.5 Å². The van der Waals surface area contributed by atoms with Gasteiger partial charge in [-0.15, -0.1) is 0 Å².